The molecule has 0 aliphatic carbocycles. The third kappa shape index (κ3) is 4.21. The normalized spacial score (nSPS) is 11.1. The fraction of sp³-hybridized carbons (Fsp3) is 0.115. The number of carbonyl (C=O) groups excluding carboxylic acids is 1. The fourth-order valence-electron chi connectivity index (χ4n) is 3.56. The molecular formula is C26H22N2O5. The van der Waals surface area contributed by atoms with Gasteiger partial charge in [0.25, 0.3) is 5.56 Å². The van der Waals surface area contributed by atoms with Gasteiger partial charge in [-0.3, -0.25) is 9.79 Å². The van der Waals surface area contributed by atoms with Crippen LogP contribution in [0.1, 0.15) is 22.8 Å². The number of fused-ring (bicyclic) bond motifs is 1. The first-order valence-corrected chi connectivity index (χ1v) is 10.4. The smallest absolute Gasteiger partial charge is 0.338 e. The van der Waals surface area contributed by atoms with Crippen LogP contribution >= 0.6 is 0 Å². The molecule has 0 saturated heterocycles. The second-order valence-corrected chi connectivity index (χ2v) is 7.12. The lowest BCUT2D eigenvalue weighted by Crippen LogP contribution is -2.20. The Labute approximate surface area is 190 Å². The van der Waals surface area contributed by atoms with E-state index in [-0.39, 0.29) is 18.0 Å². The van der Waals surface area contributed by atoms with Crippen molar-refractivity contribution in [3.63, 3.8) is 0 Å². The van der Waals surface area contributed by atoms with E-state index in [0.29, 0.717) is 39.0 Å². The van der Waals surface area contributed by atoms with Crippen LogP contribution in [0.25, 0.3) is 16.5 Å². The van der Waals surface area contributed by atoms with Crippen LogP contribution in [0.15, 0.2) is 82.6 Å². The standard InChI is InChI=1S/C26H22N2O5/c1-3-33-26(31)17-12-14-18(15-13-17)28-24(29)20-9-5-4-8-19(20)21(25(28)30)16-27-22-10-6-7-11-23(22)32-2/h4-16,30H,3H2,1-2H3. The molecule has 4 aromatic rings. The first kappa shape index (κ1) is 21.8. The van der Waals surface area contributed by atoms with Crippen LogP contribution in [0.4, 0.5) is 5.69 Å². The SMILES string of the molecule is CCOC(=O)c1ccc(-n2c(O)c(C=Nc3ccccc3OC)c3ccccc3c2=O)cc1. The first-order chi connectivity index (χ1) is 16.0. The minimum absolute atomic E-state index is 0.263. The van der Waals surface area contributed by atoms with Gasteiger partial charge in [-0.25, -0.2) is 9.36 Å². The molecule has 1 heterocycles. The lowest BCUT2D eigenvalue weighted by atomic mass is 10.1. The molecule has 0 aliphatic rings. The molecule has 0 amide bonds. The predicted molar refractivity (Wildman–Crippen MR) is 127 cm³/mol. The van der Waals surface area contributed by atoms with Gasteiger partial charge in [-0.05, 0) is 49.4 Å². The summed E-state index contributed by atoms with van der Waals surface area (Å²) in [5.74, 6) is -0.134. The quantitative estimate of drug-likeness (QED) is 0.347. The van der Waals surface area contributed by atoms with Crippen molar-refractivity contribution < 1.29 is 19.4 Å². The number of hydrogen-bond acceptors (Lipinski definition) is 6. The minimum atomic E-state index is -0.455. The van der Waals surface area contributed by atoms with Crippen LogP contribution < -0.4 is 10.3 Å². The highest BCUT2D eigenvalue weighted by Gasteiger charge is 2.17. The maximum Gasteiger partial charge on any atom is 0.338 e. The van der Waals surface area contributed by atoms with Gasteiger partial charge in [0.2, 0.25) is 5.88 Å². The third-order valence-electron chi connectivity index (χ3n) is 5.16. The number of benzene rings is 3. The number of para-hydroxylation sites is 2. The predicted octanol–water partition coefficient (Wildman–Crippen LogP) is 4.63. The first-order valence-electron chi connectivity index (χ1n) is 10.4. The van der Waals surface area contributed by atoms with Gasteiger partial charge in [0.05, 0.1) is 30.5 Å². The summed E-state index contributed by atoms with van der Waals surface area (Å²) in [6, 6.07) is 20.5. The molecule has 1 N–H and O–H groups in total. The van der Waals surface area contributed by atoms with Gasteiger partial charge in [0.15, 0.2) is 0 Å². The van der Waals surface area contributed by atoms with Gasteiger partial charge >= 0.3 is 5.97 Å². The Morgan fingerprint density at radius 2 is 1.67 bits per heavy atom. The molecule has 1 aromatic heterocycles. The van der Waals surface area contributed by atoms with Crippen molar-refractivity contribution in [2.24, 2.45) is 4.99 Å². The van der Waals surface area contributed by atoms with E-state index < -0.39 is 5.97 Å². The Balaban J connectivity index is 1.88. The molecule has 0 aliphatic heterocycles. The van der Waals surface area contributed by atoms with Crippen LogP contribution in [0.3, 0.4) is 0 Å². The Hall–Kier alpha value is -4.39. The van der Waals surface area contributed by atoms with Crippen molar-refractivity contribution in [2.45, 2.75) is 6.92 Å². The molecule has 0 fully saturated rings. The number of nitrogens with zero attached hydrogens (tertiary/aromatic N) is 2. The number of aromatic hydroxyl groups is 1. The molecule has 0 spiro atoms. The summed E-state index contributed by atoms with van der Waals surface area (Å²) >= 11 is 0. The summed E-state index contributed by atoms with van der Waals surface area (Å²) in [6.07, 6.45) is 1.51. The minimum Gasteiger partial charge on any atom is -0.494 e. The topological polar surface area (TPSA) is 90.1 Å². The number of methoxy groups -OCH3 is 1. The van der Waals surface area contributed by atoms with E-state index in [1.165, 1.54) is 10.8 Å². The molecule has 0 unspecified atom stereocenters. The summed E-state index contributed by atoms with van der Waals surface area (Å²) in [6.45, 7) is 1.99. The van der Waals surface area contributed by atoms with Crippen molar-refractivity contribution in [2.75, 3.05) is 13.7 Å². The van der Waals surface area contributed by atoms with E-state index >= 15 is 0 Å². The molecule has 3 aromatic carbocycles. The monoisotopic (exact) mass is 442 g/mol. The Kier molecular flexibility index (Phi) is 6.22. The van der Waals surface area contributed by atoms with Crippen molar-refractivity contribution >= 4 is 28.6 Å². The number of aliphatic imine (C=N–C) groups is 1. The summed E-state index contributed by atoms with van der Waals surface area (Å²) < 4.78 is 11.5. The van der Waals surface area contributed by atoms with E-state index in [9.17, 15) is 14.7 Å². The van der Waals surface area contributed by atoms with Crippen molar-refractivity contribution in [1.82, 2.24) is 4.57 Å². The fourth-order valence-corrected chi connectivity index (χ4v) is 3.56. The van der Waals surface area contributed by atoms with Crippen LogP contribution in [0, 0.1) is 0 Å². The average molecular weight is 442 g/mol. The Bertz CT molecular complexity index is 1400. The highest BCUT2D eigenvalue weighted by molar-refractivity contribution is 6.02. The maximum atomic E-state index is 13.2. The van der Waals surface area contributed by atoms with E-state index in [4.69, 9.17) is 9.47 Å². The largest absolute Gasteiger partial charge is 0.494 e. The molecule has 0 saturated carbocycles. The second kappa shape index (κ2) is 9.40. The van der Waals surface area contributed by atoms with Crippen LogP contribution in [0.5, 0.6) is 11.6 Å². The van der Waals surface area contributed by atoms with E-state index in [1.807, 2.05) is 12.1 Å². The molecule has 0 radical (unpaired) electrons. The number of hydrogen-bond donors (Lipinski definition) is 1. The van der Waals surface area contributed by atoms with E-state index in [0.717, 1.165) is 0 Å². The average Bonchev–Trinajstić information content (AvgIpc) is 2.85. The third-order valence-corrected chi connectivity index (χ3v) is 5.16. The maximum absolute atomic E-state index is 13.2. The van der Waals surface area contributed by atoms with Gasteiger partial charge in [-0.1, -0.05) is 30.3 Å². The summed E-state index contributed by atoms with van der Waals surface area (Å²) in [7, 11) is 1.56. The van der Waals surface area contributed by atoms with Crippen molar-refractivity contribution in [3.8, 4) is 17.3 Å². The van der Waals surface area contributed by atoms with Crippen molar-refractivity contribution in [1.29, 1.82) is 0 Å². The molecule has 7 nitrogen and oxygen atoms in total. The van der Waals surface area contributed by atoms with Gasteiger partial charge in [0, 0.05) is 17.0 Å². The molecule has 33 heavy (non-hydrogen) atoms. The number of pyridine rings is 1. The second-order valence-electron chi connectivity index (χ2n) is 7.12. The number of rotatable bonds is 6. The summed E-state index contributed by atoms with van der Waals surface area (Å²) in [5.41, 5.74) is 1.34. The summed E-state index contributed by atoms with van der Waals surface area (Å²) in [4.78, 5) is 29.7. The van der Waals surface area contributed by atoms with Gasteiger partial charge < -0.3 is 14.6 Å². The number of esters is 1. The molecule has 166 valence electrons. The van der Waals surface area contributed by atoms with Gasteiger partial charge in [0.1, 0.15) is 11.4 Å². The Morgan fingerprint density at radius 3 is 2.36 bits per heavy atom. The van der Waals surface area contributed by atoms with Gasteiger partial charge in [-0.15, -0.1) is 0 Å². The zero-order valence-corrected chi connectivity index (χ0v) is 18.2. The molecule has 0 atom stereocenters. The van der Waals surface area contributed by atoms with E-state index in [2.05, 4.69) is 4.99 Å². The van der Waals surface area contributed by atoms with E-state index in [1.54, 1.807) is 74.7 Å². The number of ether oxygens (including phenoxy) is 2. The lowest BCUT2D eigenvalue weighted by molar-refractivity contribution is 0.0526. The molecule has 0 bridgehead atoms. The summed E-state index contributed by atoms with van der Waals surface area (Å²) in [5, 5.41) is 12.1. The number of carbonyl (C=O) groups is 1. The van der Waals surface area contributed by atoms with Crippen LogP contribution in [-0.2, 0) is 4.74 Å². The molecular weight excluding hydrogens is 420 g/mol. The highest BCUT2D eigenvalue weighted by Crippen LogP contribution is 2.29. The zero-order chi connectivity index (χ0) is 23.4. The highest BCUT2D eigenvalue weighted by atomic mass is 16.5. The van der Waals surface area contributed by atoms with Gasteiger partial charge in [-0.2, -0.15) is 0 Å². The number of aromatic nitrogens is 1. The van der Waals surface area contributed by atoms with Crippen molar-refractivity contribution in [3.05, 3.63) is 94.3 Å². The Morgan fingerprint density at radius 1 is 1.00 bits per heavy atom. The van der Waals surface area contributed by atoms with Crippen LogP contribution in [0.2, 0.25) is 0 Å². The molecule has 4 rings (SSSR count). The van der Waals surface area contributed by atoms with Crippen LogP contribution in [-0.4, -0.2) is 35.6 Å². The molecule has 7 heteroatoms. The lowest BCUT2D eigenvalue weighted by Gasteiger charge is -2.14. The zero-order valence-electron chi connectivity index (χ0n) is 18.2.